The fourth-order valence-corrected chi connectivity index (χ4v) is 1.89. The molecule has 0 spiro atoms. The summed E-state index contributed by atoms with van der Waals surface area (Å²) >= 11 is 0. The van der Waals surface area contributed by atoms with Crippen LogP contribution < -0.4 is 0 Å². The monoisotopic (exact) mass is 416 g/mol. The van der Waals surface area contributed by atoms with Gasteiger partial charge in [0.1, 0.15) is 25.9 Å². The van der Waals surface area contributed by atoms with Gasteiger partial charge in [0.2, 0.25) is 0 Å². The first kappa shape index (κ1) is 26.6. The Hall–Kier alpha value is -2.42. The molecule has 0 aliphatic carbocycles. The van der Waals surface area contributed by atoms with E-state index in [2.05, 4.69) is 11.3 Å². The molecule has 29 heavy (non-hydrogen) atoms. The Labute approximate surface area is 171 Å². The second-order valence-corrected chi connectivity index (χ2v) is 6.43. The molecule has 1 N–H and O–H groups in total. The van der Waals surface area contributed by atoms with Crippen LogP contribution in [0.15, 0.2) is 12.7 Å². The molecule has 0 radical (unpaired) electrons. The Bertz CT molecular complexity index is 530. The molecular weight excluding hydrogens is 384 g/mol. The number of aliphatic hydroxyl groups is 1. The van der Waals surface area contributed by atoms with Crippen LogP contribution in [-0.2, 0) is 38.1 Å². The Balaban J connectivity index is 3.66. The van der Waals surface area contributed by atoms with Crippen LogP contribution >= 0.6 is 0 Å². The molecule has 0 amide bonds. The summed E-state index contributed by atoms with van der Waals surface area (Å²) in [5.41, 5.74) is 0. The summed E-state index contributed by atoms with van der Waals surface area (Å²) in [7, 11) is 0. The van der Waals surface area contributed by atoms with Gasteiger partial charge in [0.25, 0.3) is 0 Å². The van der Waals surface area contributed by atoms with E-state index in [0.717, 1.165) is 12.5 Å². The molecule has 0 aliphatic heterocycles. The van der Waals surface area contributed by atoms with Crippen molar-refractivity contribution < 1.29 is 43.2 Å². The maximum Gasteiger partial charge on any atom is 0.330 e. The Morgan fingerprint density at radius 3 is 2.10 bits per heavy atom. The van der Waals surface area contributed by atoms with Crippen molar-refractivity contribution in [2.75, 3.05) is 26.4 Å². The van der Waals surface area contributed by atoms with Gasteiger partial charge in [-0.15, -0.1) is 0 Å². The van der Waals surface area contributed by atoms with Crippen LogP contribution in [0.25, 0.3) is 0 Å². The van der Waals surface area contributed by atoms with E-state index in [1.54, 1.807) is 0 Å². The second kappa shape index (κ2) is 16.5. The SMILES string of the molecule is C=CC(=O)OCCC(=O)OCC(O)COC(=O)CCCCCOC(=O)C(C)CC. The van der Waals surface area contributed by atoms with Gasteiger partial charge >= 0.3 is 23.9 Å². The maximum absolute atomic E-state index is 11.6. The standard InChI is InChI=1S/C20H32O9/c1-4-15(3)20(25)27-11-8-6-7-9-18(23)28-13-16(21)14-29-19(24)10-12-26-17(22)5-2/h5,15-16,21H,2,4,6-14H2,1,3H3. The molecule has 0 fully saturated rings. The minimum atomic E-state index is -1.14. The highest BCUT2D eigenvalue weighted by Gasteiger charge is 2.13. The van der Waals surface area contributed by atoms with Crippen LogP contribution in [0.5, 0.6) is 0 Å². The lowest BCUT2D eigenvalue weighted by Gasteiger charge is -2.12. The molecule has 0 aliphatic rings. The molecular formula is C20H32O9. The molecule has 0 saturated carbocycles. The zero-order valence-electron chi connectivity index (χ0n) is 17.2. The van der Waals surface area contributed by atoms with Crippen molar-refractivity contribution in [1.82, 2.24) is 0 Å². The van der Waals surface area contributed by atoms with E-state index in [1.807, 2.05) is 13.8 Å². The summed E-state index contributed by atoms with van der Waals surface area (Å²) in [6.07, 6.45) is 2.55. The molecule has 0 aromatic heterocycles. The topological polar surface area (TPSA) is 125 Å². The molecule has 0 bridgehead atoms. The van der Waals surface area contributed by atoms with Crippen molar-refractivity contribution >= 4 is 23.9 Å². The number of esters is 4. The molecule has 0 rings (SSSR count). The minimum absolute atomic E-state index is 0.106. The molecule has 0 aromatic carbocycles. The van der Waals surface area contributed by atoms with Gasteiger partial charge in [-0.25, -0.2) is 4.79 Å². The summed E-state index contributed by atoms with van der Waals surface area (Å²) < 4.78 is 19.4. The third kappa shape index (κ3) is 15.2. The predicted molar refractivity (Wildman–Crippen MR) is 103 cm³/mol. The third-order valence-electron chi connectivity index (χ3n) is 3.87. The van der Waals surface area contributed by atoms with E-state index < -0.39 is 24.0 Å². The van der Waals surface area contributed by atoms with Crippen molar-refractivity contribution in [3.63, 3.8) is 0 Å². The largest absolute Gasteiger partial charge is 0.465 e. The number of hydrogen-bond donors (Lipinski definition) is 1. The van der Waals surface area contributed by atoms with Gasteiger partial charge < -0.3 is 24.1 Å². The average molecular weight is 416 g/mol. The number of carbonyl (C=O) groups is 4. The lowest BCUT2D eigenvalue weighted by atomic mass is 10.1. The van der Waals surface area contributed by atoms with Crippen molar-refractivity contribution in [3.8, 4) is 0 Å². The van der Waals surface area contributed by atoms with E-state index in [4.69, 9.17) is 14.2 Å². The zero-order chi connectivity index (χ0) is 22.1. The molecule has 166 valence electrons. The molecule has 0 saturated heterocycles. The highest BCUT2D eigenvalue weighted by atomic mass is 16.6. The van der Waals surface area contributed by atoms with Gasteiger partial charge in [0.15, 0.2) is 0 Å². The Morgan fingerprint density at radius 1 is 0.897 bits per heavy atom. The number of hydrogen-bond acceptors (Lipinski definition) is 9. The summed E-state index contributed by atoms with van der Waals surface area (Å²) in [5, 5.41) is 9.66. The average Bonchev–Trinajstić information content (AvgIpc) is 2.71. The van der Waals surface area contributed by atoms with Crippen LogP contribution in [-0.4, -0.2) is 61.5 Å². The van der Waals surface area contributed by atoms with E-state index in [1.165, 1.54) is 0 Å². The Kier molecular flexibility index (Phi) is 15.1. The molecule has 9 heteroatoms. The lowest BCUT2D eigenvalue weighted by Crippen LogP contribution is -2.25. The summed E-state index contributed by atoms with van der Waals surface area (Å²) in [5.74, 6) is -2.08. The van der Waals surface area contributed by atoms with Gasteiger partial charge in [-0.05, 0) is 25.7 Å². The molecule has 0 heterocycles. The first-order valence-electron chi connectivity index (χ1n) is 9.75. The summed E-state index contributed by atoms with van der Waals surface area (Å²) in [6, 6.07) is 0. The van der Waals surface area contributed by atoms with Crippen molar-refractivity contribution in [2.24, 2.45) is 5.92 Å². The molecule has 2 atom stereocenters. The molecule has 2 unspecified atom stereocenters. The smallest absolute Gasteiger partial charge is 0.330 e. The van der Waals surface area contributed by atoms with Crippen LogP contribution in [0.3, 0.4) is 0 Å². The van der Waals surface area contributed by atoms with E-state index in [-0.39, 0.29) is 44.5 Å². The number of unbranched alkanes of at least 4 members (excludes halogenated alkanes) is 2. The van der Waals surface area contributed by atoms with Gasteiger partial charge in [-0.3, -0.25) is 14.4 Å². The predicted octanol–water partition coefficient (Wildman–Crippen LogP) is 1.70. The first-order chi connectivity index (χ1) is 13.8. The van der Waals surface area contributed by atoms with Crippen molar-refractivity contribution in [2.45, 2.75) is 58.5 Å². The number of carbonyl (C=O) groups excluding carboxylic acids is 4. The summed E-state index contributed by atoms with van der Waals surface area (Å²) in [4.78, 5) is 45.3. The third-order valence-corrected chi connectivity index (χ3v) is 3.87. The van der Waals surface area contributed by atoms with Crippen molar-refractivity contribution in [1.29, 1.82) is 0 Å². The minimum Gasteiger partial charge on any atom is -0.465 e. The highest BCUT2D eigenvalue weighted by Crippen LogP contribution is 2.06. The Morgan fingerprint density at radius 2 is 1.52 bits per heavy atom. The van der Waals surface area contributed by atoms with Gasteiger partial charge in [-0.1, -0.05) is 20.4 Å². The number of ether oxygens (including phenoxy) is 4. The fourth-order valence-electron chi connectivity index (χ4n) is 1.89. The quantitative estimate of drug-likeness (QED) is 0.173. The van der Waals surface area contributed by atoms with E-state index in [9.17, 15) is 24.3 Å². The van der Waals surface area contributed by atoms with Crippen LogP contribution in [0, 0.1) is 5.92 Å². The molecule has 0 aromatic rings. The van der Waals surface area contributed by atoms with Gasteiger partial charge in [0, 0.05) is 12.5 Å². The van der Waals surface area contributed by atoms with Gasteiger partial charge in [-0.2, -0.15) is 0 Å². The van der Waals surface area contributed by atoms with E-state index in [0.29, 0.717) is 25.9 Å². The van der Waals surface area contributed by atoms with Crippen LogP contribution in [0.4, 0.5) is 0 Å². The lowest BCUT2D eigenvalue weighted by molar-refractivity contribution is -0.154. The van der Waals surface area contributed by atoms with Gasteiger partial charge in [0.05, 0.1) is 18.9 Å². The van der Waals surface area contributed by atoms with Crippen LogP contribution in [0.1, 0.15) is 52.4 Å². The highest BCUT2D eigenvalue weighted by molar-refractivity contribution is 5.81. The summed E-state index contributed by atoms with van der Waals surface area (Å²) in [6.45, 7) is 6.51. The maximum atomic E-state index is 11.6. The van der Waals surface area contributed by atoms with Crippen LogP contribution in [0.2, 0.25) is 0 Å². The first-order valence-corrected chi connectivity index (χ1v) is 9.75. The fraction of sp³-hybridized carbons (Fsp3) is 0.700. The number of rotatable bonds is 16. The normalized spacial score (nSPS) is 12.4. The number of aliphatic hydroxyl groups excluding tert-OH is 1. The zero-order valence-corrected chi connectivity index (χ0v) is 17.2. The van der Waals surface area contributed by atoms with E-state index >= 15 is 0 Å². The van der Waals surface area contributed by atoms with Crippen molar-refractivity contribution in [3.05, 3.63) is 12.7 Å². The molecule has 9 nitrogen and oxygen atoms in total. The second-order valence-electron chi connectivity index (χ2n) is 6.43.